The molecule has 0 bridgehead atoms. The lowest BCUT2D eigenvalue weighted by Gasteiger charge is -2.09. The molecule has 0 aromatic carbocycles. The fourth-order valence-electron chi connectivity index (χ4n) is 1.26. The number of amides is 1. The van der Waals surface area contributed by atoms with Crippen LogP contribution >= 0.6 is 12.2 Å². The molecule has 1 aliphatic carbocycles. The Balaban J connectivity index is 1.92. The van der Waals surface area contributed by atoms with Gasteiger partial charge in [0.05, 0.1) is 0 Å². The molecule has 0 aromatic heterocycles. The molecule has 1 rings (SSSR count). The highest BCUT2D eigenvalue weighted by molar-refractivity contribution is 7.80. The van der Waals surface area contributed by atoms with Crippen molar-refractivity contribution in [1.29, 1.82) is 0 Å². The van der Waals surface area contributed by atoms with E-state index in [1.807, 2.05) is 0 Å². The van der Waals surface area contributed by atoms with E-state index >= 15 is 0 Å². The highest BCUT2D eigenvalue weighted by Crippen LogP contribution is 2.18. The number of unbranched alkanes of at least 4 members (excludes halogenated alkanes) is 1. The minimum atomic E-state index is 0.117. The van der Waals surface area contributed by atoms with E-state index in [1.165, 1.54) is 0 Å². The first-order valence-corrected chi connectivity index (χ1v) is 6.44. The molecule has 16 heavy (non-hydrogen) atoms. The average molecular weight is 243 g/mol. The Morgan fingerprint density at radius 1 is 1.31 bits per heavy atom. The quantitative estimate of drug-likeness (QED) is 0.460. The summed E-state index contributed by atoms with van der Waals surface area (Å²) in [6, 6.07) is 0.446. The van der Waals surface area contributed by atoms with Gasteiger partial charge in [0.15, 0.2) is 5.11 Å². The summed E-state index contributed by atoms with van der Waals surface area (Å²) >= 11 is 5.07. The zero-order chi connectivity index (χ0) is 11.8. The number of carbonyl (C=O) groups excluding carboxylic acids is 1. The van der Waals surface area contributed by atoms with Crippen LogP contribution in [0, 0.1) is 0 Å². The maximum absolute atomic E-state index is 11.3. The molecule has 92 valence electrons. The van der Waals surface area contributed by atoms with Crippen molar-refractivity contribution in [3.63, 3.8) is 0 Å². The first kappa shape index (κ1) is 13.2. The van der Waals surface area contributed by atoms with Crippen LogP contribution in [0.2, 0.25) is 0 Å². The van der Waals surface area contributed by atoms with Crippen LogP contribution in [0.3, 0.4) is 0 Å². The van der Waals surface area contributed by atoms with Crippen molar-refractivity contribution >= 4 is 23.2 Å². The number of carbonyl (C=O) groups is 1. The van der Waals surface area contributed by atoms with Gasteiger partial charge in [0.25, 0.3) is 0 Å². The second-order valence-electron chi connectivity index (χ2n) is 4.13. The SMILES string of the molecule is CCCCNC(=S)NCCC(=O)NC1CC1. The van der Waals surface area contributed by atoms with Crippen LogP contribution in [-0.2, 0) is 4.79 Å². The molecule has 1 amide bonds. The van der Waals surface area contributed by atoms with E-state index in [4.69, 9.17) is 12.2 Å². The van der Waals surface area contributed by atoms with Crippen LogP contribution in [0.1, 0.15) is 39.0 Å². The smallest absolute Gasteiger partial charge is 0.221 e. The molecular formula is C11H21N3OS. The van der Waals surface area contributed by atoms with Crippen LogP contribution in [0.4, 0.5) is 0 Å². The van der Waals surface area contributed by atoms with Gasteiger partial charge in [-0.25, -0.2) is 0 Å². The molecule has 0 radical (unpaired) electrons. The minimum absolute atomic E-state index is 0.117. The molecule has 1 fully saturated rings. The van der Waals surface area contributed by atoms with Crippen molar-refractivity contribution in [1.82, 2.24) is 16.0 Å². The third-order valence-electron chi connectivity index (χ3n) is 2.40. The maximum atomic E-state index is 11.3. The fraction of sp³-hybridized carbons (Fsp3) is 0.818. The van der Waals surface area contributed by atoms with E-state index in [-0.39, 0.29) is 5.91 Å². The summed E-state index contributed by atoms with van der Waals surface area (Å²) in [6.45, 7) is 3.65. The lowest BCUT2D eigenvalue weighted by molar-refractivity contribution is -0.121. The molecule has 0 unspecified atom stereocenters. The van der Waals surface area contributed by atoms with Crippen LogP contribution < -0.4 is 16.0 Å². The third kappa shape index (κ3) is 6.61. The zero-order valence-corrected chi connectivity index (χ0v) is 10.7. The van der Waals surface area contributed by atoms with Crippen LogP contribution in [0.25, 0.3) is 0 Å². The largest absolute Gasteiger partial charge is 0.363 e. The van der Waals surface area contributed by atoms with Crippen LogP contribution in [0.15, 0.2) is 0 Å². The summed E-state index contributed by atoms with van der Waals surface area (Å²) in [4.78, 5) is 11.3. The van der Waals surface area contributed by atoms with Crippen molar-refractivity contribution in [2.24, 2.45) is 0 Å². The van der Waals surface area contributed by atoms with Gasteiger partial charge in [-0.2, -0.15) is 0 Å². The van der Waals surface area contributed by atoms with Gasteiger partial charge >= 0.3 is 0 Å². The minimum Gasteiger partial charge on any atom is -0.363 e. The van der Waals surface area contributed by atoms with Gasteiger partial charge in [-0.15, -0.1) is 0 Å². The second kappa shape index (κ2) is 7.44. The van der Waals surface area contributed by atoms with Crippen molar-refractivity contribution in [3.8, 4) is 0 Å². The Morgan fingerprint density at radius 2 is 2.00 bits per heavy atom. The summed E-state index contributed by atoms with van der Waals surface area (Å²) in [5, 5.41) is 9.71. The average Bonchev–Trinajstić information content (AvgIpc) is 3.02. The molecular weight excluding hydrogens is 222 g/mol. The van der Waals surface area contributed by atoms with Gasteiger partial charge in [-0.1, -0.05) is 13.3 Å². The molecule has 1 aliphatic rings. The lowest BCUT2D eigenvalue weighted by atomic mass is 10.3. The van der Waals surface area contributed by atoms with E-state index < -0.39 is 0 Å². The molecule has 4 nitrogen and oxygen atoms in total. The number of nitrogens with one attached hydrogen (secondary N) is 3. The van der Waals surface area contributed by atoms with Crippen molar-refractivity contribution in [3.05, 3.63) is 0 Å². The van der Waals surface area contributed by atoms with Crippen LogP contribution in [0.5, 0.6) is 0 Å². The summed E-state index contributed by atoms with van der Waals surface area (Å²) < 4.78 is 0. The molecule has 1 saturated carbocycles. The maximum Gasteiger partial charge on any atom is 0.221 e. The van der Waals surface area contributed by atoms with Crippen molar-refractivity contribution in [2.75, 3.05) is 13.1 Å². The fourth-order valence-corrected chi connectivity index (χ4v) is 1.46. The highest BCUT2D eigenvalue weighted by Gasteiger charge is 2.22. The molecule has 0 aromatic rings. The van der Waals surface area contributed by atoms with Gasteiger partial charge in [-0.3, -0.25) is 4.79 Å². The summed E-state index contributed by atoms with van der Waals surface area (Å²) in [7, 11) is 0. The topological polar surface area (TPSA) is 53.2 Å². The Bertz CT molecular complexity index is 241. The number of hydrogen-bond acceptors (Lipinski definition) is 2. The van der Waals surface area contributed by atoms with Gasteiger partial charge < -0.3 is 16.0 Å². The Morgan fingerprint density at radius 3 is 2.62 bits per heavy atom. The molecule has 0 atom stereocenters. The molecule has 0 aliphatic heterocycles. The lowest BCUT2D eigenvalue weighted by Crippen LogP contribution is -2.38. The van der Waals surface area contributed by atoms with E-state index in [0.29, 0.717) is 24.1 Å². The standard InChI is InChI=1S/C11H21N3OS/c1-2-3-7-12-11(16)13-8-6-10(15)14-9-4-5-9/h9H,2-8H2,1H3,(H,14,15)(H2,12,13,16). The number of hydrogen-bond donors (Lipinski definition) is 3. The molecule has 0 spiro atoms. The van der Waals surface area contributed by atoms with E-state index in [9.17, 15) is 4.79 Å². The Hall–Kier alpha value is -0.840. The van der Waals surface area contributed by atoms with Gasteiger partial charge in [0.2, 0.25) is 5.91 Å². The second-order valence-corrected chi connectivity index (χ2v) is 4.54. The number of rotatable bonds is 7. The highest BCUT2D eigenvalue weighted by atomic mass is 32.1. The molecule has 0 saturated heterocycles. The monoisotopic (exact) mass is 243 g/mol. The van der Waals surface area contributed by atoms with E-state index in [1.54, 1.807) is 0 Å². The molecule has 3 N–H and O–H groups in total. The van der Waals surface area contributed by atoms with E-state index in [0.717, 1.165) is 32.2 Å². The van der Waals surface area contributed by atoms with Gasteiger partial charge in [0.1, 0.15) is 0 Å². The van der Waals surface area contributed by atoms with Crippen molar-refractivity contribution < 1.29 is 4.79 Å². The third-order valence-corrected chi connectivity index (χ3v) is 2.68. The predicted octanol–water partition coefficient (Wildman–Crippen LogP) is 0.919. The summed E-state index contributed by atoms with van der Waals surface area (Å²) in [5.74, 6) is 0.117. The molecule has 0 heterocycles. The first-order chi connectivity index (χ1) is 7.72. The Kier molecular flexibility index (Phi) is 6.15. The van der Waals surface area contributed by atoms with Gasteiger partial charge in [-0.05, 0) is 31.5 Å². The van der Waals surface area contributed by atoms with Crippen LogP contribution in [-0.4, -0.2) is 30.2 Å². The first-order valence-electron chi connectivity index (χ1n) is 6.03. The number of thiocarbonyl (C=S) groups is 1. The zero-order valence-electron chi connectivity index (χ0n) is 9.84. The van der Waals surface area contributed by atoms with Crippen molar-refractivity contribution in [2.45, 2.75) is 45.1 Å². The predicted molar refractivity (Wildman–Crippen MR) is 69.3 cm³/mol. The normalized spacial score (nSPS) is 14.3. The van der Waals surface area contributed by atoms with Gasteiger partial charge in [0, 0.05) is 25.6 Å². The Labute approximate surface area is 103 Å². The summed E-state index contributed by atoms with van der Waals surface area (Å²) in [6.07, 6.45) is 5.03. The molecule has 5 heteroatoms. The van der Waals surface area contributed by atoms with E-state index in [2.05, 4.69) is 22.9 Å². The summed E-state index contributed by atoms with van der Waals surface area (Å²) in [5.41, 5.74) is 0.